The molecule has 132 valence electrons. The minimum Gasteiger partial charge on any atom is -0.501 e. The van der Waals surface area contributed by atoms with Gasteiger partial charge in [0.25, 0.3) is 0 Å². The van der Waals surface area contributed by atoms with Crippen molar-refractivity contribution in [2.75, 3.05) is 19.4 Å². The van der Waals surface area contributed by atoms with Crippen molar-refractivity contribution in [1.29, 1.82) is 0 Å². The number of benzene rings is 1. The van der Waals surface area contributed by atoms with E-state index in [1.807, 2.05) is 31.2 Å². The summed E-state index contributed by atoms with van der Waals surface area (Å²) < 4.78 is 5.06. The molecule has 7 heteroatoms. The number of carbonyl (C=O) groups excluding carboxylic acids is 1. The van der Waals surface area contributed by atoms with Gasteiger partial charge in [-0.1, -0.05) is 18.2 Å². The number of aromatic nitrogens is 2. The highest BCUT2D eigenvalue weighted by Crippen LogP contribution is 2.19. The van der Waals surface area contributed by atoms with Gasteiger partial charge in [0.15, 0.2) is 5.82 Å². The lowest BCUT2D eigenvalue weighted by molar-refractivity contribution is -0.120. The minimum atomic E-state index is -0.0945. The maximum Gasteiger partial charge on any atom is 0.224 e. The highest BCUT2D eigenvalue weighted by Gasteiger charge is 2.03. The van der Waals surface area contributed by atoms with Gasteiger partial charge in [-0.15, -0.1) is 0 Å². The van der Waals surface area contributed by atoms with Crippen molar-refractivity contribution >= 4 is 28.7 Å². The van der Waals surface area contributed by atoms with E-state index in [0.29, 0.717) is 12.4 Å². The van der Waals surface area contributed by atoms with Crippen LogP contribution in [0.5, 0.6) is 0 Å². The van der Waals surface area contributed by atoms with Crippen LogP contribution in [0.4, 0.5) is 5.82 Å². The molecule has 1 aromatic heterocycles. The van der Waals surface area contributed by atoms with Crippen LogP contribution in [0.1, 0.15) is 18.9 Å². The van der Waals surface area contributed by atoms with Crippen molar-refractivity contribution in [2.24, 2.45) is 5.73 Å². The lowest BCUT2D eigenvalue weighted by Crippen LogP contribution is -2.24. The molecule has 0 unspecified atom stereocenters. The number of nitrogens with two attached hydrogens (primary N) is 2. The Morgan fingerprint density at radius 3 is 2.96 bits per heavy atom. The highest BCUT2D eigenvalue weighted by atomic mass is 16.5. The topological polar surface area (TPSA) is 119 Å². The fourth-order valence-corrected chi connectivity index (χ4v) is 2.21. The molecule has 2 rings (SSSR count). The molecule has 1 heterocycles. The Hall–Kier alpha value is -3.22. The molecule has 0 aliphatic rings. The van der Waals surface area contributed by atoms with Crippen LogP contribution in [0, 0.1) is 0 Å². The standard InChI is InChI=1S/C18H23N5O2/c1-12(25-2)8-14(10-19)11-21-17(24)5-3-4-13-6-7-16-15(9-13)18(20)23-22-16/h3-4,6-10H,5,11,19H2,1-2H3,(H,21,24)(H3,20,22,23)/b4-3+,12-8+,14-10+. The second-order valence-corrected chi connectivity index (χ2v) is 5.50. The Labute approximate surface area is 146 Å². The number of anilines is 1. The number of rotatable bonds is 7. The predicted octanol–water partition coefficient (Wildman–Crippen LogP) is 2.06. The van der Waals surface area contributed by atoms with E-state index < -0.39 is 0 Å². The lowest BCUT2D eigenvalue weighted by atomic mass is 10.1. The van der Waals surface area contributed by atoms with Crippen molar-refractivity contribution < 1.29 is 9.53 Å². The minimum absolute atomic E-state index is 0.0945. The molecule has 0 atom stereocenters. The summed E-state index contributed by atoms with van der Waals surface area (Å²) >= 11 is 0. The third-order valence-corrected chi connectivity index (χ3v) is 3.64. The number of nitrogens with one attached hydrogen (secondary N) is 2. The van der Waals surface area contributed by atoms with E-state index in [9.17, 15) is 4.79 Å². The number of carbonyl (C=O) groups is 1. The third-order valence-electron chi connectivity index (χ3n) is 3.64. The van der Waals surface area contributed by atoms with Crippen molar-refractivity contribution in [3.63, 3.8) is 0 Å². The molecule has 0 radical (unpaired) electrons. The van der Waals surface area contributed by atoms with E-state index in [0.717, 1.165) is 27.8 Å². The summed E-state index contributed by atoms with van der Waals surface area (Å²) in [6, 6.07) is 5.76. The molecular formula is C18H23N5O2. The SMILES string of the molecule is CO/C(C)=C/C(=C\N)CNC(=O)C/C=C/c1ccc2[nH]nc(N)c2c1. The van der Waals surface area contributed by atoms with Gasteiger partial charge >= 0.3 is 0 Å². The number of nitrogens with zero attached hydrogens (tertiary/aromatic N) is 1. The van der Waals surface area contributed by atoms with Gasteiger partial charge in [0.05, 0.1) is 18.4 Å². The quantitative estimate of drug-likeness (QED) is 0.454. The van der Waals surface area contributed by atoms with Crippen LogP contribution < -0.4 is 16.8 Å². The zero-order valence-corrected chi connectivity index (χ0v) is 14.4. The molecule has 6 N–H and O–H groups in total. The number of H-pyrrole nitrogens is 1. The first-order valence-electron chi connectivity index (χ1n) is 7.83. The second kappa shape index (κ2) is 8.58. The van der Waals surface area contributed by atoms with Gasteiger partial charge in [-0.3, -0.25) is 9.89 Å². The normalized spacial score (nSPS) is 12.7. The number of allylic oxidation sites excluding steroid dienone is 1. The Morgan fingerprint density at radius 2 is 2.24 bits per heavy atom. The average Bonchev–Trinajstić information content (AvgIpc) is 2.99. The first-order chi connectivity index (χ1) is 12.0. The number of hydrogen-bond acceptors (Lipinski definition) is 5. The fraction of sp³-hybridized carbons (Fsp3) is 0.222. The Morgan fingerprint density at radius 1 is 1.44 bits per heavy atom. The van der Waals surface area contributed by atoms with Gasteiger partial charge < -0.3 is 21.5 Å². The van der Waals surface area contributed by atoms with Crippen LogP contribution >= 0.6 is 0 Å². The van der Waals surface area contributed by atoms with E-state index in [2.05, 4.69) is 15.5 Å². The second-order valence-electron chi connectivity index (χ2n) is 5.50. The van der Waals surface area contributed by atoms with Gasteiger partial charge in [-0.2, -0.15) is 5.10 Å². The Kier molecular flexibility index (Phi) is 6.22. The largest absolute Gasteiger partial charge is 0.501 e. The number of nitrogen functional groups attached to an aromatic ring is 1. The monoisotopic (exact) mass is 341 g/mol. The molecule has 25 heavy (non-hydrogen) atoms. The zero-order chi connectivity index (χ0) is 18.2. The van der Waals surface area contributed by atoms with E-state index in [-0.39, 0.29) is 12.3 Å². The summed E-state index contributed by atoms with van der Waals surface area (Å²) in [5.74, 6) is 1.09. The number of ether oxygens (including phenoxy) is 1. The van der Waals surface area contributed by atoms with Gasteiger partial charge in [0.1, 0.15) is 0 Å². The van der Waals surface area contributed by atoms with E-state index in [1.165, 1.54) is 6.20 Å². The van der Waals surface area contributed by atoms with Crippen molar-refractivity contribution in [2.45, 2.75) is 13.3 Å². The van der Waals surface area contributed by atoms with Crippen LogP contribution in [-0.2, 0) is 9.53 Å². The first kappa shape index (κ1) is 18.1. The third kappa shape index (κ3) is 5.13. The van der Waals surface area contributed by atoms with Crippen molar-refractivity contribution in [3.8, 4) is 0 Å². The number of aromatic amines is 1. The molecule has 0 bridgehead atoms. The zero-order valence-electron chi connectivity index (χ0n) is 14.4. The van der Waals surface area contributed by atoms with Crippen molar-refractivity contribution in [1.82, 2.24) is 15.5 Å². The van der Waals surface area contributed by atoms with Gasteiger partial charge in [-0.25, -0.2) is 0 Å². The van der Waals surface area contributed by atoms with Crippen LogP contribution in [0.25, 0.3) is 17.0 Å². The molecular weight excluding hydrogens is 318 g/mol. The Bertz CT molecular complexity index is 833. The Balaban J connectivity index is 1.88. The molecule has 0 fully saturated rings. The van der Waals surface area contributed by atoms with E-state index in [4.69, 9.17) is 16.2 Å². The van der Waals surface area contributed by atoms with E-state index in [1.54, 1.807) is 19.3 Å². The van der Waals surface area contributed by atoms with Crippen LogP contribution in [-0.4, -0.2) is 29.8 Å². The summed E-state index contributed by atoms with van der Waals surface area (Å²) in [6.07, 6.45) is 7.17. The number of amides is 1. The highest BCUT2D eigenvalue weighted by molar-refractivity contribution is 5.90. The summed E-state index contributed by atoms with van der Waals surface area (Å²) in [6.45, 7) is 2.17. The molecule has 0 saturated carbocycles. The smallest absolute Gasteiger partial charge is 0.224 e. The van der Waals surface area contributed by atoms with Gasteiger partial charge in [0, 0.05) is 18.4 Å². The predicted molar refractivity (Wildman–Crippen MR) is 100 cm³/mol. The molecule has 1 amide bonds. The molecule has 0 saturated heterocycles. The lowest BCUT2D eigenvalue weighted by Gasteiger charge is -2.06. The van der Waals surface area contributed by atoms with Crippen molar-refractivity contribution in [3.05, 3.63) is 53.4 Å². The molecule has 1 aromatic carbocycles. The summed E-state index contributed by atoms with van der Waals surface area (Å²) in [5, 5.41) is 10.5. The fourth-order valence-electron chi connectivity index (χ4n) is 2.21. The molecule has 0 aliphatic heterocycles. The van der Waals surface area contributed by atoms with Gasteiger partial charge in [-0.05, 0) is 42.5 Å². The summed E-state index contributed by atoms with van der Waals surface area (Å²) in [4.78, 5) is 11.9. The maximum atomic E-state index is 11.9. The summed E-state index contributed by atoms with van der Waals surface area (Å²) in [7, 11) is 1.58. The molecule has 0 aliphatic carbocycles. The van der Waals surface area contributed by atoms with Gasteiger partial charge in [0.2, 0.25) is 5.91 Å². The van der Waals surface area contributed by atoms with Crippen LogP contribution in [0.15, 0.2) is 47.9 Å². The maximum absolute atomic E-state index is 11.9. The average molecular weight is 341 g/mol. The number of hydrogen-bond donors (Lipinski definition) is 4. The molecule has 0 spiro atoms. The summed E-state index contributed by atoms with van der Waals surface area (Å²) in [5.41, 5.74) is 13.9. The number of methoxy groups -OCH3 is 1. The van der Waals surface area contributed by atoms with Crippen LogP contribution in [0.2, 0.25) is 0 Å². The number of fused-ring (bicyclic) bond motifs is 1. The molecule has 7 nitrogen and oxygen atoms in total. The first-order valence-corrected chi connectivity index (χ1v) is 7.83. The molecule has 2 aromatic rings. The van der Waals surface area contributed by atoms with E-state index >= 15 is 0 Å². The van der Waals surface area contributed by atoms with Crippen LogP contribution in [0.3, 0.4) is 0 Å².